The van der Waals surface area contributed by atoms with Gasteiger partial charge in [-0.05, 0) is 60.9 Å². The van der Waals surface area contributed by atoms with Crippen LogP contribution in [0.3, 0.4) is 0 Å². The Bertz CT molecular complexity index is 1380. The highest BCUT2D eigenvalue weighted by atomic mass is 16.5. The second kappa shape index (κ2) is 10.0. The van der Waals surface area contributed by atoms with E-state index >= 15 is 0 Å². The van der Waals surface area contributed by atoms with E-state index in [-0.39, 0.29) is 24.0 Å². The van der Waals surface area contributed by atoms with Crippen LogP contribution in [-0.2, 0) is 22.6 Å². The maximum atomic E-state index is 13.4. The second-order valence-corrected chi connectivity index (χ2v) is 9.21. The molecule has 7 nitrogen and oxygen atoms in total. The number of amides is 1. The third-order valence-electron chi connectivity index (χ3n) is 6.71. The summed E-state index contributed by atoms with van der Waals surface area (Å²) in [7, 11) is 1.54. The molecule has 1 fully saturated rings. The van der Waals surface area contributed by atoms with Crippen LogP contribution < -0.4 is 14.2 Å². The fraction of sp³-hybridized carbons (Fsp3) is 0.267. The van der Waals surface area contributed by atoms with Crippen LogP contribution in [0.15, 0.2) is 72.3 Å². The molecule has 37 heavy (non-hydrogen) atoms. The fourth-order valence-electron chi connectivity index (χ4n) is 5.02. The molecule has 2 atom stereocenters. The van der Waals surface area contributed by atoms with Crippen molar-refractivity contribution in [3.8, 4) is 17.2 Å². The van der Waals surface area contributed by atoms with E-state index in [0.717, 1.165) is 16.9 Å². The quantitative estimate of drug-likeness (QED) is 0.279. The van der Waals surface area contributed by atoms with Gasteiger partial charge in [0.05, 0.1) is 25.3 Å². The number of Topliss-reactive ketones (excluding diaryl/α,β-unsaturated/α-hetero) is 1. The Balaban J connectivity index is 1.64. The van der Waals surface area contributed by atoms with Crippen LogP contribution >= 0.6 is 0 Å². The highest BCUT2D eigenvalue weighted by molar-refractivity contribution is 6.46. The first-order chi connectivity index (χ1) is 17.9. The Labute approximate surface area is 215 Å². The van der Waals surface area contributed by atoms with E-state index in [9.17, 15) is 14.7 Å². The molecule has 3 aromatic rings. The van der Waals surface area contributed by atoms with Crippen LogP contribution in [0.5, 0.6) is 17.2 Å². The lowest BCUT2D eigenvalue weighted by molar-refractivity contribution is -0.140. The number of nitrogens with zero attached hydrogens (tertiary/aromatic N) is 1. The molecule has 0 unspecified atom stereocenters. The van der Waals surface area contributed by atoms with Gasteiger partial charge in [0.25, 0.3) is 11.7 Å². The summed E-state index contributed by atoms with van der Waals surface area (Å²) in [5.41, 5.74) is 2.97. The number of ether oxygens (including phenoxy) is 3. The minimum absolute atomic E-state index is 0.0408. The number of aliphatic hydroxyl groups excluding tert-OH is 1. The summed E-state index contributed by atoms with van der Waals surface area (Å²) in [6.45, 7) is 4.53. The molecule has 7 heteroatoms. The smallest absolute Gasteiger partial charge is 0.295 e. The number of rotatable bonds is 7. The third-order valence-corrected chi connectivity index (χ3v) is 6.71. The van der Waals surface area contributed by atoms with Crippen LogP contribution in [0.1, 0.15) is 42.1 Å². The molecule has 0 aliphatic carbocycles. The Hall–Kier alpha value is -4.26. The molecule has 0 bridgehead atoms. The van der Waals surface area contributed by atoms with Crippen molar-refractivity contribution < 1.29 is 28.9 Å². The molecular weight excluding hydrogens is 470 g/mol. The van der Waals surface area contributed by atoms with E-state index in [4.69, 9.17) is 14.2 Å². The minimum atomic E-state index is -0.812. The molecule has 2 heterocycles. The zero-order chi connectivity index (χ0) is 26.1. The van der Waals surface area contributed by atoms with Gasteiger partial charge < -0.3 is 24.2 Å². The largest absolute Gasteiger partial charge is 0.507 e. The van der Waals surface area contributed by atoms with Crippen molar-refractivity contribution in [1.82, 2.24) is 4.90 Å². The Morgan fingerprint density at radius 1 is 1.05 bits per heavy atom. The molecule has 0 spiro atoms. The number of fused-ring (bicyclic) bond motifs is 1. The predicted octanol–water partition coefficient (Wildman–Crippen LogP) is 5.04. The number of hydrogen-bond acceptors (Lipinski definition) is 6. The Kier molecular flexibility index (Phi) is 6.61. The number of hydrogen-bond donors (Lipinski definition) is 1. The van der Waals surface area contributed by atoms with Gasteiger partial charge in [0.2, 0.25) is 0 Å². The van der Waals surface area contributed by atoms with E-state index in [0.29, 0.717) is 35.7 Å². The first-order valence-corrected chi connectivity index (χ1v) is 12.3. The van der Waals surface area contributed by atoms with Crippen molar-refractivity contribution in [2.24, 2.45) is 0 Å². The normalized spacial score (nSPS) is 20.0. The summed E-state index contributed by atoms with van der Waals surface area (Å²) in [4.78, 5) is 28.3. The first kappa shape index (κ1) is 24.4. The van der Waals surface area contributed by atoms with Crippen LogP contribution in [-0.4, -0.2) is 41.5 Å². The molecule has 0 radical (unpaired) electrons. The van der Waals surface area contributed by atoms with E-state index in [1.165, 1.54) is 12.0 Å². The molecule has 0 saturated carbocycles. The van der Waals surface area contributed by atoms with Crippen LogP contribution in [0.2, 0.25) is 0 Å². The summed E-state index contributed by atoms with van der Waals surface area (Å²) in [6.07, 6.45) is 0.748. The van der Waals surface area contributed by atoms with E-state index in [1.54, 1.807) is 30.3 Å². The van der Waals surface area contributed by atoms with Gasteiger partial charge in [-0.25, -0.2) is 0 Å². The zero-order valence-electron chi connectivity index (χ0n) is 21.1. The van der Waals surface area contributed by atoms with Crippen molar-refractivity contribution in [1.29, 1.82) is 0 Å². The van der Waals surface area contributed by atoms with Crippen molar-refractivity contribution in [3.63, 3.8) is 0 Å². The molecule has 2 aliphatic rings. The predicted molar refractivity (Wildman–Crippen MR) is 139 cm³/mol. The van der Waals surface area contributed by atoms with Gasteiger partial charge in [-0.2, -0.15) is 0 Å². The maximum Gasteiger partial charge on any atom is 0.295 e. The molecule has 2 aliphatic heterocycles. The minimum Gasteiger partial charge on any atom is -0.507 e. The third kappa shape index (κ3) is 4.53. The van der Waals surface area contributed by atoms with Crippen molar-refractivity contribution >= 4 is 17.4 Å². The molecular formula is C30H29NO6. The lowest BCUT2D eigenvalue weighted by Crippen LogP contribution is -2.29. The van der Waals surface area contributed by atoms with Crippen LogP contribution in [0, 0.1) is 0 Å². The van der Waals surface area contributed by atoms with Gasteiger partial charge >= 0.3 is 0 Å². The molecule has 5 rings (SSSR count). The van der Waals surface area contributed by atoms with Crippen molar-refractivity contribution in [2.45, 2.75) is 39.0 Å². The number of carbonyl (C=O) groups is 2. The SMILES string of the molecule is CCOc1ccc([C@H]2/C(=C(\O)c3ccc4c(c3)C[C@H](C)O4)C(=O)C(=O)N2Cc2ccccc2)cc1OC. The summed E-state index contributed by atoms with van der Waals surface area (Å²) in [5, 5.41) is 11.5. The van der Waals surface area contributed by atoms with Gasteiger partial charge in [-0.15, -0.1) is 0 Å². The summed E-state index contributed by atoms with van der Waals surface area (Å²) < 4.78 is 17.0. The van der Waals surface area contributed by atoms with Gasteiger partial charge in [0, 0.05) is 18.5 Å². The zero-order valence-corrected chi connectivity index (χ0v) is 21.1. The number of methoxy groups -OCH3 is 1. The average molecular weight is 500 g/mol. The number of benzene rings is 3. The Morgan fingerprint density at radius 3 is 2.57 bits per heavy atom. The second-order valence-electron chi connectivity index (χ2n) is 9.21. The van der Waals surface area contributed by atoms with Crippen LogP contribution in [0.25, 0.3) is 5.76 Å². The fourth-order valence-corrected chi connectivity index (χ4v) is 5.02. The van der Waals surface area contributed by atoms with Crippen LogP contribution in [0.4, 0.5) is 0 Å². The lowest BCUT2D eigenvalue weighted by atomic mass is 9.94. The number of ketones is 1. The maximum absolute atomic E-state index is 13.4. The topological polar surface area (TPSA) is 85.3 Å². The van der Waals surface area contributed by atoms with Gasteiger partial charge in [0.15, 0.2) is 11.5 Å². The average Bonchev–Trinajstić information content (AvgIpc) is 3.40. The molecule has 1 N–H and O–H groups in total. The van der Waals surface area contributed by atoms with Gasteiger partial charge in [-0.3, -0.25) is 9.59 Å². The molecule has 3 aromatic carbocycles. The molecule has 1 amide bonds. The molecule has 1 saturated heterocycles. The summed E-state index contributed by atoms with van der Waals surface area (Å²) in [5.74, 6) is 0.197. The number of likely N-dealkylation sites (tertiary alicyclic amines) is 1. The van der Waals surface area contributed by atoms with Gasteiger partial charge in [-0.1, -0.05) is 36.4 Å². The number of aliphatic hydroxyl groups is 1. The molecule has 0 aromatic heterocycles. The van der Waals surface area contributed by atoms with E-state index in [2.05, 4.69) is 0 Å². The highest BCUT2D eigenvalue weighted by Gasteiger charge is 2.46. The standard InChI is InChI=1S/C30H29NO6/c1-4-36-24-13-10-20(16-25(24)35-3)27-26(28(32)21-11-12-23-22(15-21)14-18(2)37-23)29(33)30(34)31(27)17-19-8-6-5-7-9-19/h5-13,15-16,18,27,32H,4,14,17H2,1-3H3/b28-26+/t18-,27-/m0/s1. The Morgan fingerprint density at radius 2 is 1.84 bits per heavy atom. The lowest BCUT2D eigenvalue weighted by Gasteiger charge is -2.26. The van der Waals surface area contributed by atoms with E-state index < -0.39 is 17.7 Å². The summed E-state index contributed by atoms with van der Waals surface area (Å²) >= 11 is 0. The highest BCUT2D eigenvalue weighted by Crippen LogP contribution is 2.43. The number of carbonyl (C=O) groups excluding carboxylic acids is 2. The van der Waals surface area contributed by atoms with Gasteiger partial charge in [0.1, 0.15) is 17.6 Å². The molecule has 190 valence electrons. The van der Waals surface area contributed by atoms with E-state index in [1.807, 2.05) is 50.2 Å². The van der Waals surface area contributed by atoms with Crippen molar-refractivity contribution in [3.05, 3.63) is 94.6 Å². The van der Waals surface area contributed by atoms with Crippen molar-refractivity contribution in [2.75, 3.05) is 13.7 Å². The monoisotopic (exact) mass is 499 g/mol. The first-order valence-electron chi connectivity index (χ1n) is 12.3. The summed E-state index contributed by atoms with van der Waals surface area (Å²) in [6, 6.07) is 19.3.